The summed E-state index contributed by atoms with van der Waals surface area (Å²) in [7, 11) is 0. The van der Waals surface area contributed by atoms with Gasteiger partial charge in [0.2, 0.25) is 0 Å². The predicted octanol–water partition coefficient (Wildman–Crippen LogP) is 4.69. The Bertz CT molecular complexity index is 392. The van der Waals surface area contributed by atoms with Crippen LogP contribution in [-0.2, 0) is 0 Å². The summed E-state index contributed by atoms with van der Waals surface area (Å²) >= 11 is 8.94. The zero-order chi connectivity index (χ0) is 12.3. The molecule has 0 spiro atoms. The molecular formula is C12H16Br2N2S. The van der Waals surface area contributed by atoms with Gasteiger partial charge in [-0.2, -0.15) is 11.8 Å². The van der Waals surface area contributed by atoms with Crippen molar-refractivity contribution >= 4 is 49.4 Å². The molecule has 0 atom stereocenters. The van der Waals surface area contributed by atoms with Crippen LogP contribution in [0.25, 0.3) is 0 Å². The number of thioether (sulfide) groups is 1. The molecule has 1 heterocycles. The standard InChI is InChI=1S/C12H16Br2N2S/c1-17-12(4-2-3-5-12)8-16-11-10(14)6-9(13)7-15-11/h6-7H,2-5,8H2,1H3,(H,15,16). The highest BCUT2D eigenvalue weighted by Crippen LogP contribution is 2.40. The van der Waals surface area contributed by atoms with E-state index in [1.54, 1.807) is 0 Å². The van der Waals surface area contributed by atoms with Crippen molar-refractivity contribution < 1.29 is 0 Å². The monoisotopic (exact) mass is 378 g/mol. The summed E-state index contributed by atoms with van der Waals surface area (Å²) in [4.78, 5) is 4.39. The van der Waals surface area contributed by atoms with E-state index >= 15 is 0 Å². The maximum Gasteiger partial charge on any atom is 0.140 e. The van der Waals surface area contributed by atoms with Crippen molar-refractivity contribution in [3.63, 3.8) is 0 Å². The summed E-state index contributed by atoms with van der Waals surface area (Å²) in [6.07, 6.45) is 9.39. The van der Waals surface area contributed by atoms with Crippen LogP contribution in [0.2, 0.25) is 0 Å². The molecule has 17 heavy (non-hydrogen) atoms. The van der Waals surface area contributed by atoms with Gasteiger partial charge in [-0.3, -0.25) is 0 Å². The van der Waals surface area contributed by atoms with Gasteiger partial charge in [0.25, 0.3) is 0 Å². The van der Waals surface area contributed by atoms with E-state index in [9.17, 15) is 0 Å². The van der Waals surface area contributed by atoms with Gasteiger partial charge in [0.05, 0.1) is 4.47 Å². The molecule has 5 heteroatoms. The number of anilines is 1. The van der Waals surface area contributed by atoms with Crippen molar-refractivity contribution in [1.82, 2.24) is 4.98 Å². The number of hydrogen-bond donors (Lipinski definition) is 1. The molecular weight excluding hydrogens is 364 g/mol. The minimum Gasteiger partial charge on any atom is -0.368 e. The van der Waals surface area contributed by atoms with Gasteiger partial charge in [0.15, 0.2) is 0 Å². The van der Waals surface area contributed by atoms with Crippen LogP contribution in [0.1, 0.15) is 25.7 Å². The first-order chi connectivity index (χ1) is 8.15. The molecule has 1 aromatic rings. The molecule has 0 aromatic carbocycles. The van der Waals surface area contributed by atoms with Crippen LogP contribution in [0, 0.1) is 0 Å². The lowest BCUT2D eigenvalue weighted by atomic mass is 10.1. The largest absolute Gasteiger partial charge is 0.368 e. The molecule has 1 aliphatic carbocycles. The molecule has 0 unspecified atom stereocenters. The minimum atomic E-state index is 0.411. The lowest BCUT2D eigenvalue weighted by Crippen LogP contribution is -2.30. The quantitative estimate of drug-likeness (QED) is 0.820. The lowest BCUT2D eigenvalue weighted by molar-refractivity contribution is 0.638. The van der Waals surface area contributed by atoms with Gasteiger partial charge in [-0.05, 0) is 57.0 Å². The Labute approximate surface area is 124 Å². The summed E-state index contributed by atoms with van der Waals surface area (Å²) in [5.74, 6) is 0.938. The van der Waals surface area contributed by atoms with Crippen LogP contribution >= 0.6 is 43.6 Å². The molecule has 94 valence electrons. The van der Waals surface area contributed by atoms with Crippen molar-refractivity contribution in [3.8, 4) is 0 Å². The van der Waals surface area contributed by atoms with Gasteiger partial charge in [-0.1, -0.05) is 12.8 Å². The fourth-order valence-electron chi connectivity index (χ4n) is 2.26. The van der Waals surface area contributed by atoms with Gasteiger partial charge in [0.1, 0.15) is 5.82 Å². The second-order valence-corrected chi connectivity index (χ2v) is 7.48. The van der Waals surface area contributed by atoms with Crippen LogP contribution < -0.4 is 5.32 Å². The van der Waals surface area contributed by atoms with Crippen molar-refractivity contribution in [3.05, 3.63) is 21.2 Å². The van der Waals surface area contributed by atoms with Crippen LogP contribution in [0.3, 0.4) is 0 Å². The second-order valence-electron chi connectivity index (χ2n) is 4.43. The zero-order valence-corrected chi connectivity index (χ0v) is 13.8. The molecule has 0 amide bonds. The van der Waals surface area contributed by atoms with Crippen molar-refractivity contribution in [2.75, 3.05) is 18.1 Å². The molecule has 1 aliphatic rings. The Morgan fingerprint density at radius 2 is 2.12 bits per heavy atom. The SMILES string of the molecule is CSC1(CNc2ncc(Br)cc2Br)CCCC1. The normalized spacial score (nSPS) is 18.3. The molecule has 1 aromatic heterocycles. The van der Waals surface area contributed by atoms with Gasteiger partial charge < -0.3 is 5.32 Å². The van der Waals surface area contributed by atoms with E-state index in [1.165, 1.54) is 25.7 Å². The van der Waals surface area contributed by atoms with E-state index in [1.807, 2.05) is 24.0 Å². The van der Waals surface area contributed by atoms with E-state index < -0.39 is 0 Å². The molecule has 2 rings (SSSR count). The Morgan fingerprint density at radius 1 is 1.41 bits per heavy atom. The molecule has 0 saturated heterocycles. The number of hydrogen-bond acceptors (Lipinski definition) is 3. The molecule has 1 saturated carbocycles. The number of nitrogens with zero attached hydrogens (tertiary/aromatic N) is 1. The molecule has 0 bridgehead atoms. The first-order valence-corrected chi connectivity index (χ1v) is 8.56. The average Bonchev–Trinajstić information content (AvgIpc) is 2.77. The Balaban J connectivity index is 2.01. The van der Waals surface area contributed by atoms with Gasteiger partial charge in [0, 0.05) is 22.0 Å². The fraction of sp³-hybridized carbons (Fsp3) is 0.583. The minimum absolute atomic E-state index is 0.411. The van der Waals surface area contributed by atoms with Crippen molar-refractivity contribution in [2.45, 2.75) is 30.4 Å². The summed E-state index contributed by atoms with van der Waals surface area (Å²) in [6.45, 7) is 1.00. The Kier molecular flexibility index (Phi) is 4.78. The Hall–Kier alpha value is 0.260. The maximum atomic E-state index is 4.39. The predicted molar refractivity (Wildman–Crippen MR) is 82.8 cm³/mol. The van der Waals surface area contributed by atoms with Gasteiger partial charge in [-0.25, -0.2) is 4.98 Å². The number of halogens is 2. The highest BCUT2D eigenvalue weighted by Gasteiger charge is 2.32. The third-order valence-corrected chi connectivity index (χ3v) is 5.79. The summed E-state index contributed by atoms with van der Waals surface area (Å²) in [5, 5.41) is 3.47. The van der Waals surface area contributed by atoms with E-state index in [2.05, 4.69) is 48.4 Å². The Morgan fingerprint density at radius 3 is 2.71 bits per heavy atom. The van der Waals surface area contributed by atoms with E-state index in [4.69, 9.17) is 0 Å². The topological polar surface area (TPSA) is 24.9 Å². The average molecular weight is 380 g/mol. The van der Waals surface area contributed by atoms with E-state index in [-0.39, 0.29) is 0 Å². The first-order valence-electron chi connectivity index (χ1n) is 5.75. The van der Waals surface area contributed by atoms with E-state index in [0.717, 1.165) is 21.3 Å². The number of nitrogens with one attached hydrogen (secondary N) is 1. The fourth-order valence-corrected chi connectivity index (χ4v) is 4.30. The van der Waals surface area contributed by atoms with Crippen LogP contribution in [0.15, 0.2) is 21.2 Å². The number of pyridine rings is 1. The van der Waals surface area contributed by atoms with Crippen LogP contribution in [-0.4, -0.2) is 22.5 Å². The molecule has 0 radical (unpaired) electrons. The van der Waals surface area contributed by atoms with Gasteiger partial charge in [-0.15, -0.1) is 0 Å². The zero-order valence-electron chi connectivity index (χ0n) is 9.80. The first kappa shape index (κ1) is 13.7. The number of rotatable bonds is 4. The maximum absolute atomic E-state index is 4.39. The third kappa shape index (κ3) is 3.38. The van der Waals surface area contributed by atoms with Crippen molar-refractivity contribution in [2.24, 2.45) is 0 Å². The number of aromatic nitrogens is 1. The van der Waals surface area contributed by atoms with Crippen LogP contribution in [0.4, 0.5) is 5.82 Å². The molecule has 0 aliphatic heterocycles. The molecule has 1 N–H and O–H groups in total. The highest BCUT2D eigenvalue weighted by molar-refractivity contribution is 9.11. The highest BCUT2D eigenvalue weighted by atomic mass is 79.9. The lowest BCUT2D eigenvalue weighted by Gasteiger charge is -2.27. The van der Waals surface area contributed by atoms with Crippen LogP contribution in [0.5, 0.6) is 0 Å². The van der Waals surface area contributed by atoms with Gasteiger partial charge >= 0.3 is 0 Å². The summed E-state index contributed by atoms with van der Waals surface area (Å²) in [6, 6.07) is 2.02. The smallest absolute Gasteiger partial charge is 0.140 e. The molecule has 2 nitrogen and oxygen atoms in total. The third-order valence-electron chi connectivity index (χ3n) is 3.33. The van der Waals surface area contributed by atoms with E-state index in [0.29, 0.717) is 4.75 Å². The second kappa shape index (κ2) is 5.93. The summed E-state index contributed by atoms with van der Waals surface area (Å²) < 4.78 is 2.42. The molecule has 1 fully saturated rings. The van der Waals surface area contributed by atoms with Crippen molar-refractivity contribution in [1.29, 1.82) is 0 Å². The summed E-state index contributed by atoms with van der Waals surface area (Å²) in [5.41, 5.74) is 0.